The zero-order valence-electron chi connectivity index (χ0n) is 23.1. The summed E-state index contributed by atoms with van der Waals surface area (Å²) in [5, 5.41) is 3.36. The molecule has 3 rings (SSSR count). The van der Waals surface area contributed by atoms with Gasteiger partial charge in [-0.25, -0.2) is 8.42 Å². The summed E-state index contributed by atoms with van der Waals surface area (Å²) in [7, 11) is -3.95. The Hall–Kier alpha value is -3.07. The van der Waals surface area contributed by atoms with E-state index in [1.165, 1.54) is 23.1 Å². The van der Waals surface area contributed by atoms with Crippen molar-refractivity contribution in [2.24, 2.45) is 5.92 Å². The van der Waals surface area contributed by atoms with Crippen molar-refractivity contribution in [3.05, 3.63) is 99.5 Å². The van der Waals surface area contributed by atoms with E-state index in [1.54, 1.807) is 0 Å². The second-order valence-electron chi connectivity index (χ2n) is 10.2. The molecule has 0 bridgehead atoms. The van der Waals surface area contributed by atoms with Crippen LogP contribution in [0, 0.1) is 12.8 Å². The van der Waals surface area contributed by atoms with Crippen molar-refractivity contribution < 1.29 is 18.0 Å². The standard InChI is InChI=1S/C30H35Cl2N3O4S/c1-21(2)18-33-30(37)28(16-23-8-6-5-7-9-23)34(19-24-12-10-22(3)11-13-24)29(36)20-35(40(4,38)39)27-17-25(31)14-15-26(27)32/h5-15,17,21,28H,16,18-20H2,1-4H3,(H,33,37)/t28-/m1/s1. The van der Waals surface area contributed by atoms with Crippen molar-refractivity contribution in [1.82, 2.24) is 10.2 Å². The first-order valence-electron chi connectivity index (χ1n) is 12.9. The molecule has 7 nitrogen and oxygen atoms in total. The maximum atomic E-state index is 14.1. The third-order valence-electron chi connectivity index (χ3n) is 6.29. The first-order valence-corrected chi connectivity index (χ1v) is 15.5. The molecule has 40 heavy (non-hydrogen) atoms. The number of benzene rings is 3. The Morgan fingerprint density at radius 2 is 1.57 bits per heavy atom. The van der Waals surface area contributed by atoms with E-state index < -0.39 is 28.5 Å². The number of nitrogens with zero attached hydrogens (tertiary/aromatic N) is 2. The van der Waals surface area contributed by atoms with E-state index in [9.17, 15) is 18.0 Å². The highest BCUT2D eigenvalue weighted by atomic mass is 35.5. The van der Waals surface area contributed by atoms with Gasteiger partial charge in [0.1, 0.15) is 12.6 Å². The van der Waals surface area contributed by atoms with Crippen molar-refractivity contribution in [2.75, 3.05) is 23.7 Å². The molecule has 0 unspecified atom stereocenters. The Labute approximate surface area is 247 Å². The number of nitrogens with one attached hydrogen (secondary N) is 1. The number of halogens is 2. The molecule has 0 saturated heterocycles. The van der Waals surface area contributed by atoms with Crippen molar-refractivity contribution in [1.29, 1.82) is 0 Å². The van der Waals surface area contributed by atoms with Crippen molar-refractivity contribution in [3.8, 4) is 0 Å². The third kappa shape index (κ3) is 8.98. The van der Waals surface area contributed by atoms with E-state index in [-0.39, 0.29) is 40.5 Å². The van der Waals surface area contributed by atoms with Crippen LogP contribution in [0.1, 0.15) is 30.5 Å². The van der Waals surface area contributed by atoms with Gasteiger partial charge in [0.05, 0.1) is 17.0 Å². The normalized spacial score (nSPS) is 12.2. The first-order chi connectivity index (χ1) is 18.8. The number of carbonyl (C=O) groups is 2. The predicted octanol–water partition coefficient (Wildman–Crippen LogP) is 5.48. The lowest BCUT2D eigenvalue weighted by atomic mass is 10.0. The van der Waals surface area contributed by atoms with Crippen LogP contribution in [0.3, 0.4) is 0 Å². The topological polar surface area (TPSA) is 86.8 Å². The van der Waals surface area contributed by atoms with Crippen LogP contribution in [0.25, 0.3) is 0 Å². The zero-order chi connectivity index (χ0) is 29.4. The number of rotatable bonds is 12. The first kappa shape index (κ1) is 31.5. The number of amides is 2. The molecule has 0 fully saturated rings. The average molecular weight is 605 g/mol. The van der Waals surface area contributed by atoms with Gasteiger partial charge in [-0.1, -0.05) is 97.2 Å². The highest BCUT2D eigenvalue weighted by Crippen LogP contribution is 2.31. The molecule has 1 atom stereocenters. The molecule has 0 spiro atoms. The van der Waals surface area contributed by atoms with Gasteiger partial charge >= 0.3 is 0 Å². The van der Waals surface area contributed by atoms with Crippen LogP contribution in [0.2, 0.25) is 10.0 Å². The maximum absolute atomic E-state index is 14.1. The smallest absolute Gasteiger partial charge is 0.244 e. The van der Waals surface area contributed by atoms with Gasteiger partial charge in [-0.15, -0.1) is 0 Å². The molecule has 0 radical (unpaired) electrons. The molecule has 3 aromatic carbocycles. The summed E-state index contributed by atoms with van der Waals surface area (Å²) >= 11 is 12.5. The summed E-state index contributed by atoms with van der Waals surface area (Å²) in [6.45, 7) is 5.91. The molecule has 0 aliphatic carbocycles. The monoisotopic (exact) mass is 603 g/mol. The van der Waals surface area contributed by atoms with Crippen LogP contribution >= 0.6 is 23.2 Å². The lowest BCUT2D eigenvalue weighted by Crippen LogP contribution is -2.53. The fraction of sp³-hybridized carbons (Fsp3) is 0.333. The van der Waals surface area contributed by atoms with Crippen LogP contribution in [-0.2, 0) is 32.6 Å². The number of carbonyl (C=O) groups excluding carboxylic acids is 2. The van der Waals surface area contributed by atoms with Gasteiger partial charge in [-0.2, -0.15) is 0 Å². The van der Waals surface area contributed by atoms with E-state index in [4.69, 9.17) is 23.2 Å². The highest BCUT2D eigenvalue weighted by molar-refractivity contribution is 7.92. The van der Waals surface area contributed by atoms with Crippen molar-refractivity contribution >= 4 is 50.7 Å². The molecular formula is C30H35Cl2N3O4S. The number of hydrogen-bond donors (Lipinski definition) is 1. The third-order valence-corrected chi connectivity index (χ3v) is 7.97. The summed E-state index contributed by atoms with van der Waals surface area (Å²) in [5.74, 6) is -0.666. The summed E-state index contributed by atoms with van der Waals surface area (Å²) in [4.78, 5) is 29.1. The fourth-order valence-corrected chi connectivity index (χ4v) is 5.43. The van der Waals surface area contributed by atoms with Crippen LogP contribution < -0.4 is 9.62 Å². The summed E-state index contributed by atoms with van der Waals surface area (Å²) in [5.41, 5.74) is 2.81. The van der Waals surface area contributed by atoms with Gasteiger partial charge in [0.15, 0.2) is 0 Å². The molecule has 2 amide bonds. The molecule has 0 aromatic heterocycles. The summed E-state index contributed by atoms with van der Waals surface area (Å²) < 4.78 is 26.7. The number of anilines is 1. The molecule has 214 valence electrons. The van der Waals surface area contributed by atoms with Crippen LogP contribution in [0.4, 0.5) is 5.69 Å². The SMILES string of the molecule is Cc1ccc(CN(C(=O)CN(c2cc(Cl)ccc2Cl)S(C)(=O)=O)[C@H](Cc2ccccc2)C(=O)NCC(C)C)cc1. The van der Waals surface area contributed by atoms with Gasteiger partial charge in [-0.05, 0) is 42.2 Å². The zero-order valence-corrected chi connectivity index (χ0v) is 25.4. The van der Waals surface area contributed by atoms with E-state index in [0.717, 1.165) is 27.3 Å². The second-order valence-corrected chi connectivity index (χ2v) is 13.0. The molecule has 3 aromatic rings. The highest BCUT2D eigenvalue weighted by Gasteiger charge is 2.33. The molecule has 0 heterocycles. The van der Waals surface area contributed by atoms with Crippen molar-refractivity contribution in [2.45, 2.75) is 39.8 Å². The van der Waals surface area contributed by atoms with E-state index in [0.29, 0.717) is 6.54 Å². The molecule has 10 heteroatoms. The Morgan fingerprint density at radius 3 is 2.17 bits per heavy atom. The maximum Gasteiger partial charge on any atom is 0.244 e. The molecule has 0 aliphatic rings. The Kier molecular flexibility index (Phi) is 11.0. The van der Waals surface area contributed by atoms with E-state index in [1.807, 2.05) is 75.4 Å². The second kappa shape index (κ2) is 14.0. The minimum absolute atomic E-state index is 0.0872. The van der Waals surface area contributed by atoms with E-state index >= 15 is 0 Å². The Morgan fingerprint density at radius 1 is 0.925 bits per heavy atom. The van der Waals surface area contributed by atoms with E-state index in [2.05, 4.69) is 5.32 Å². The van der Waals surface area contributed by atoms with Gasteiger partial charge in [0.25, 0.3) is 0 Å². The molecule has 0 aliphatic heterocycles. The van der Waals surface area contributed by atoms with Crippen LogP contribution in [0.5, 0.6) is 0 Å². The molecule has 0 saturated carbocycles. The van der Waals surface area contributed by atoms with Crippen LogP contribution in [0.15, 0.2) is 72.8 Å². The van der Waals surface area contributed by atoms with Crippen molar-refractivity contribution in [3.63, 3.8) is 0 Å². The largest absolute Gasteiger partial charge is 0.354 e. The van der Waals surface area contributed by atoms with Gasteiger partial charge in [0, 0.05) is 24.5 Å². The molecule has 1 N–H and O–H groups in total. The number of aryl methyl sites for hydroxylation is 1. The lowest BCUT2D eigenvalue weighted by molar-refractivity contribution is -0.140. The summed E-state index contributed by atoms with van der Waals surface area (Å²) in [6, 6.07) is 20.6. The van der Waals surface area contributed by atoms with Crippen LogP contribution in [-0.4, -0.2) is 50.5 Å². The Balaban J connectivity index is 2.06. The van der Waals surface area contributed by atoms with Gasteiger partial charge in [-0.3, -0.25) is 13.9 Å². The average Bonchev–Trinajstić information content (AvgIpc) is 2.90. The lowest BCUT2D eigenvalue weighted by Gasteiger charge is -2.34. The minimum atomic E-state index is -3.95. The van der Waals surface area contributed by atoms with Gasteiger partial charge in [0.2, 0.25) is 21.8 Å². The minimum Gasteiger partial charge on any atom is -0.354 e. The number of hydrogen-bond acceptors (Lipinski definition) is 4. The summed E-state index contributed by atoms with van der Waals surface area (Å²) in [6.07, 6.45) is 1.25. The Bertz CT molecular complexity index is 1410. The molecular weight excluding hydrogens is 569 g/mol. The van der Waals surface area contributed by atoms with Gasteiger partial charge < -0.3 is 10.2 Å². The predicted molar refractivity (Wildman–Crippen MR) is 162 cm³/mol. The number of sulfonamides is 1. The quantitative estimate of drug-likeness (QED) is 0.297. The fourth-order valence-electron chi connectivity index (χ4n) is 4.14.